The Labute approximate surface area is 262 Å². The molecule has 0 aromatic heterocycles. The fraction of sp³-hybridized carbons (Fsp3) is 0.0455. The molecule has 0 nitrogen and oxygen atoms in total. The van der Waals surface area contributed by atoms with Gasteiger partial charge in [0.25, 0.3) is 0 Å². The highest BCUT2D eigenvalue weighted by molar-refractivity contribution is 5.98. The van der Waals surface area contributed by atoms with Crippen LogP contribution in [0.2, 0.25) is 0 Å². The number of allylic oxidation sites excluding steroid dienone is 17. The molecule has 0 spiro atoms. The van der Waals surface area contributed by atoms with Gasteiger partial charge in [-0.25, -0.2) is 0 Å². The SMILES string of the molecule is C=C\C=C/C=C(C)/C(C=C)=C/C1=C(\C)c2ccccc2\C=C/C(c2cccc3ccccc23)=C\C=C\C=C\1c1ccccc1. The lowest BCUT2D eigenvalue weighted by molar-refractivity contribution is 1.41. The molecule has 0 saturated carbocycles. The molecule has 4 aromatic rings. The van der Waals surface area contributed by atoms with Crippen molar-refractivity contribution in [3.8, 4) is 0 Å². The van der Waals surface area contributed by atoms with Crippen LogP contribution in [-0.4, -0.2) is 0 Å². The maximum absolute atomic E-state index is 4.18. The summed E-state index contributed by atoms with van der Waals surface area (Å²) < 4.78 is 0. The highest BCUT2D eigenvalue weighted by Crippen LogP contribution is 2.36. The Morgan fingerprint density at radius 2 is 1.39 bits per heavy atom. The van der Waals surface area contributed by atoms with E-state index in [0.29, 0.717) is 0 Å². The van der Waals surface area contributed by atoms with Crippen LogP contribution in [0.4, 0.5) is 0 Å². The van der Waals surface area contributed by atoms with Gasteiger partial charge in [-0.3, -0.25) is 0 Å². The molecule has 0 unspecified atom stereocenters. The summed E-state index contributed by atoms with van der Waals surface area (Å²) in [5.74, 6) is 0. The minimum Gasteiger partial charge on any atom is -0.0991 e. The average Bonchev–Trinajstić information content (AvgIpc) is 3.07. The Kier molecular flexibility index (Phi) is 9.98. The third kappa shape index (κ3) is 6.94. The van der Waals surface area contributed by atoms with Crippen LogP contribution in [0.1, 0.15) is 36.1 Å². The molecule has 0 atom stereocenters. The maximum Gasteiger partial charge on any atom is -0.0105 e. The van der Waals surface area contributed by atoms with E-state index in [4.69, 9.17) is 0 Å². The summed E-state index contributed by atoms with van der Waals surface area (Å²) in [5, 5.41) is 2.48. The molecular weight excluding hydrogens is 528 g/mol. The molecule has 214 valence electrons. The second-order valence-electron chi connectivity index (χ2n) is 10.7. The first-order valence-electron chi connectivity index (χ1n) is 15.0. The molecule has 0 amide bonds. The largest absolute Gasteiger partial charge is 0.0991 e. The summed E-state index contributed by atoms with van der Waals surface area (Å²) >= 11 is 0. The van der Waals surface area contributed by atoms with Crippen LogP contribution in [0.15, 0.2) is 194 Å². The smallest absolute Gasteiger partial charge is 0.0105 e. The summed E-state index contributed by atoms with van der Waals surface area (Å²) in [6.07, 6.45) is 25.3. The van der Waals surface area contributed by atoms with Crippen molar-refractivity contribution in [2.24, 2.45) is 0 Å². The quantitative estimate of drug-likeness (QED) is 0.195. The first kappa shape index (κ1) is 30.0. The molecule has 0 radical (unpaired) electrons. The first-order chi connectivity index (χ1) is 21.6. The fourth-order valence-corrected chi connectivity index (χ4v) is 5.54. The lowest BCUT2D eigenvalue weighted by atomic mass is 9.86. The number of benzene rings is 4. The van der Waals surface area contributed by atoms with E-state index in [0.717, 1.165) is 33.4 Å². The van der Waals surface area contributed by atoms with E-state index < -0.39 is 0 Å². The van der Waals surface area contributed by atoms with Crippen molar-refractivity contribution >= 4 is 33.6 Å². The lowest BCUT2D eigenvalue weighted by Crippen LogP contribution is -1.97. The summed E-state index contributed by atoms with van der Waals surface area (Å²) in [5.41, 5.74) is 11.6. The molecule has 0 N–H and O–H groups in total. The van der Waals surface area contributed by atoms with E-state index in [1.165, 1.54) is 33.0 Å². The van der Waals surface area contributed by atoms with Crippen LogP contribution in [0.25, 0.3) is 33.6 Å². The topological polar surface area (TPSA) is 0 Å². The number of fused-ring (bicyclic) bond motifs is 2. The average molecular weight is 567 g/mol. The normalized spacial score (nSPS) is 20.0. The van der Waals surface area contributed by atoms with Crippen molar-refractivity contribution in [2.75, 3.05) is 0 Å². The van der Waals surface area contributed by atoms with Crippen molar-refractivity contribution in [3.05, 3.63) is 216 Å². The van der Waals surface area contributed by atoms with Gasteiger partial charge in [0.05, 0.1) is 0 Å². The Bertz CT molecular complexity index is 1920. The van der Waals surface area contributed by atoms with E-state index in [1.807, 2.05) is 18.2 Å². The summed E-state index contributed by atoms with van der Waals surface area (Å²) in [6.45, 7) is 12.3. The van der Waals surface area contributed by atoms with Crippen LogP contribution in [-0.2, 0) is 0 Å². The van der Waals surface area contributed by atoms with E-state index in [2.05, 4.69) is 173 Å². The van der Waals surface area contributed by atoms with Crippen molar-refractivity contribution in [1.82, 2.24) is 0 Å². The highest BCUT2D eigenvalue weighted by Gasteiger charge is 2.14. The molecule has 0 fully saturated rings. The van der Waals surface area contributed by atoms with Gasteiger partial charge < -0.3 is 0 Å². The van der Waals surface area contributed by atoms with Crippen LogP contribution in [0, 0.1) is 0 Å². The Morgan fingerprint density at radius 3 is 2.20 bits per heavy atom. The van der Waals surface area contributed by atoms with Gasteiger partial charge >= 0.3 is 0 Å². The molecule has 0 heterocycles. The van der Waals surface area contributed by atoms with Gasteiger partial charge in [-0.15, -0.1) is 0 Å². The van der Waals surface area contributed by atoms with E-state index >= 15 is 0 Å². The third-order valence-corrected chi connectivity index (χ3v) is 7.91. The van der Waals surface area contributed by atoms with Crippen LogP contribution in [0.5, 0.6) is 0 Å². The highest BCUT2D eigenvalue weighted by atomic mass is 14.2. The predicted octanol–water partition coefficient (Wildman–Crippen LogP) is 12.2. The van der Waals surface area contributed by atoms with Gasteiger partial charge in [-0.1, -0.05) is 177 Å². The van der Waals surface area contributed by atoms with Crippen LogP contribution in [0.3, 0.4) is 0 Å². The second-order valence-corrected chi connectivity index (χ2v) is 10.7. The summed E-state index contributed by atoms with van der Waals surface area (Å²) in [7, 11) is 0. The Morgan fingerprint density at radius 1 is 0.682 bits per heavy atom. The number of rotatable bonds is 7. The lowest BCUT2D eigenvalue weighted by Gasteiger charge is -2.18. The molecular formula is C44H38. The zero-order valence-electron chi connectivity index (χ0n) is 25.6. The molecule has 1 aliphatic rings. The van der Waals surface area contributed by atoms with Crippen LogP contribution < -0.4 is 0 Å². The summed E-state index contributed by atoms with van der Waals surface area (Å²) in [4.78, 5) is 0. The zero-order chi connectivity index (χ0) is 30.7. The number of hydrogen-bond acceptors (Lipinski definition) is 0. The van der Waals surface area contributed by atoms with E-state index in [9.17, 15) is 0 Å². The van der Waals surface area contributed by atoms with Gasteiger partial charge in [-0.05, 0) is 86.4 Å². The molecule has 5 rings (SSSR count). The molecule has 44 heavy (non-hydrogen) atoms. The Hall–Kier alpha value is -5.46. The minimum atomic E-state index is 1.07. The van der Waals surface area contributed by atoms with Gasteiger partial charge in [0.1, 0.15) is 0 Å². The van der Waals surface area contributed by atoms with Gasteiger partial charge in [0, 0.05) is 0 Å². The first-order valence-corrected chi connectivity index (χ1v) is 15.0. The fourth-order valence-electron chi connectivity index (χ4n) is 5.54. The van der Waals surface area contributed by atoms with Crippen molar-refractivity contribution < 1.29 is 0 Å². The molecule has 0 heteroatoms. The van der Waals surface area contributed by atoms with Crippen molar-refractivity contribution in [2.45, 2.75) is 13.8 Å². The van der Waals surface area contributed by atoms with Gasteiger partial charge in [0.2, 0.25) is 0 Å². The predicted molar refractivity (Wildman–Crippen MR) is 195 cm³/mol. The minimum absolute atomic E-state index is 1.07. The maximum atomic E-state index is 4.18. The third-order valence-electron chi connectivity index (χ3n) is 7.91. The van der Waals surface area contributed by atoms with E-state index in [1.54, 1.807) is 6.08 Å². The van der Waals surface area contributed by atoms with Crippen LogP contribution >= 0.6 is 0 Å². The van der Waals surface area contributed by atoms with Crippen molar-refractivity contribution in [1.29, 1.82) is 0 Å². The molecule has 4 aromatic carbocycles. The van der Waals surface area contributed by atoms with Gasteiger partial charge in [-0.2, -0.15) is 0 Å². The summed E-state index contributed by atoms with van der Waals surface area (Å²) in [6, 6.07) is 34.4. The molecule has 0 bridgehead atoms. The van der Waals surface area contributed by atoms with Gasteiger partial charge in [0.15, 0.2) is 0 Å². The monoisotopic (exact) mass is 566 g/mol. The van der Waals surface area contributed by atoms with Crippen molar-refractivity contribution in [3.63, 3.8) is 0 Å². The van der Waals surface area contributed by atoms with E-state index in [-0.39, 0.29) is 0 Å². The number of hydrogen-bond donors (Lipinski definition) is 0. The Balaban J connectivity index is 1.77. The molecule has 0 aliphatic heterocycles. The molecule has 1 aliphatic carbocycles. The standard InChI is InChI=1S/C44H38/c1-5-7-9-19-33(3)35(6-2)32-44-34(4)40-26-15-12-23-38(40)30-31-39(42-29-18-25-37-22-13-16-27-41(37)42)24-14-17-28-43(44)36-20-10-8-11-21-36/h5-32H,1-2H2,3-4H3/b9-7-,17-14+,24-14?,28-17?,31-30-,33-19+,35-32+,38-30?,39-24+,39-31?,40-34?,43-28+,44-34-,44-43?. The zero-order valence-corrected chi connectivity index (χ0v) is 25.6. The second kappa shape index (κ2) is 14.6. The molecule has 0 saturated heterocycles.